The first-order valence-corrected chi connectivity index (χ1v) is 13.3. The van der Waals surface area contributed by atoms with Crippen LogP contribution in [-0.2, 0) is 22.3 Å². The van der Waals surface area contributed by atoms with Crippen molar-refractivity contribution in [3.63, 3.8) is 0 Å². The lowest BCUT2D eigenvalue weighted by Crippen LogP contribution is -2.47. The normalized spacial score (nSPS) is 15.6. The molecule has 0 radical (unpaired) electrons. The Balaban J connectivity index is 1.52. The second-order valence-corrected chi connectivity index (χ2v) is 11.1. The Morgan fingerprint density at radius 3 is 2.31 bits per heavy atom. The molecule has 0 fully saturated rings. The zero-order valence-corrected chi connectivity index (χ0v) is 23.4. The van der Waals surface area contributed by atoms with E-state index in [1.54, 1.807) is 53.4 Å². The predicted octanol–water partition coefficient (Wildman–Crippen LogP) is 6.75. The van der Waals surface area contributed by atoms with Gasteiger partial charge in [-0.15, -0.1) is 0 Å². The fourth-order valence-corrected chi connectivity index (χ4v) is 4.75. The maximum atomic E-state index is 13.3. The monoisotopic (exact) mass is 551 g/mol. The molecule has 0 bridgehead atoms. The average molecular weight is 552 g/mol. The molecular weight excluding hydrogens is 518 g/mol. The zero-order chi connectivity index (χ0) is 28.2. The summed E-state index contributed by atoms with van der Waals surface area (Å²) in [6.07, 6.45) is 0.778. The molecule has 0 saturated heterocycles. The first-order chi connectivity index (χ1) is 18.5. The van der Waals surface area contributed by atoms with Gasteiger partial charge in [-0.2, -0.15) is 0 Å². The molecule has 0 unspecified atom stereocenters. The number of esters is 1. The number of fused-ring (bicyclic) bond motifs is 1. The molecule has 0 spiro atoms. The number of benzene rings is 3. The van der Waals surface area contributed by atoms with Crippen molar-refractivity contribution in [2.24, 2.45) is 0 Å². The lowest BCUT2D eigenvalue weighted by molar-refractivity contribution is 0.00194. The Hall–Kier alpha value is -3.55. The number of aliphatic hydroxyl groups excluding tert-OH is 1. The van der Waals surface area contributed by atoms with Gasteiger partial charge in [0.15, 0.2) is 0 Å². The number of nitrogens with zero attached hydrogens (tertiary/aromatic N) is 1. The Kier molecular flexibility index (Phi) is 8.83. The van der Waals surface area contributed by atoms with E-state index in [4.69, 9.17) is 25.8 Å². The summed E-state index contributed by atoms with van der Waals surface area (Å²) in [7, 11) is 1.34. The van der Waals surface area contributed by atoms with Gasteiger partial charge < -0.3 is 24.2 Å². The van der Waals surface area contributed by atoms with Crippen LogP contribution in [0.5, 0.6) is 11.5 Å². The quantitative estimate of drug-likeness (QED) is 0.327. The van der Waals surface area contributed by atoms with E-state index >= 15 is 0 Å². The first kappa shape index (κ1) is 28.5. The first-order valence-electron chi connectivity index (χ1n) is 12.9. The van der Waals surface area contributed by atoms with Gasteiger partial charge in [0.05, 0.1) is 25.3 Å². The average Bonchev–Trinajstić information content (AvgIpc) is 2.90. The number of carbonyl (C=O) groups is 2. The fourth-order valence-electron chi connectivity index (χ4n) is 4.63. The SMILES string of the molecule is COC(=O)c1ccc(Oc2ccc3c(c2)C[C@@H](N(C[C@@H](O)c2ccc(Cl)cc2)C(=O)OC(C)(C)C)CC3)cc1. The molecule has 2 atom stereocenters. The number of rotatable bonds is 7. The second-order valence-electron chi connectivity index (χ2n) is 10.6. The molecule has 3 aromatic rings. The number of ether oxygens (including phenoxy) is 3. The molecule has 1 amide bonds. The number of aliphatic hydroxyl groups is 1. The van der Waals surface area contributed by atoms with E-state index in [0.29, 0.717) is 34.1 Å². The van der Waals surface area contributed by atoms with E-state index in [2.05, 4.69) is 0 Å². The largest absolute Gasteiger partial charge is 0.465 e. The molecule has 39 heavy (non-hydrogen) atoms. The lowest BCUT2D eigenvalue weighted by Gasteiger charge is -2.37. The minimum Gasteiger partial charge on any atom is -0.465 e. The van der Waals surface area contributed by atoms with Crippen LogP contribution in [0.2, 0.25) is 5.02 Å². The van der Waals surface area contributed by atoms with Crippen molar-refractivity contribution in [2.75, 3.05) is 13.7 Å². The number of hydrogen-bond acceptors (Lipinski definition) is 6. The van der Waals surface area contributed by atoms with Crippen molar-refractivity contribution in [2.45, 2.75) is 57.8 Å². The molecule has 206 valence electrons. The molecule has 0 saturated carbocycles. The molecule has 3 aromatic carbocycles. The minimum atomic E-state index is -0.890. The van der Waals surface area contributed by atoms with E-state index in [0.717, 1.165) is 18.4 Å². The van der Waals surface area contributed by atoms with Gasteiger partial charge in [0, 0.05) is 11.1 Å². The van der Waals surface area contributed by atoms with Gasteiger partial charge in [-0.25, -0.2) is 9.59 Å². The Labute approximate surface area is 234 Å². The van der Waals surface area contributed by atoms with Gasteiger partial charge in [0.2, 0.25) is 0 Å². The van der Waals surface area contributed by atoms with Crippen LogP contribution in [0.3, 0.4) is 0 Å². The number of aryl methyl sites for hydroxylation is 1. The van der Waals surface area contributed by atoms with Gasteiger partial charge in [-0.1, -0.05) is 29.8 Å². The lowest BCUT2D eigenvalue weighted by atomic mass is 9.87. The summed E-state index contributed by atoms with van der Waals surface area (Å²) in [4.78, 5) is 26.6. The van der Waals surface area contributed by atoms with Crippen LogP contribution >= 0.6 is 11.6 Å². The smallest absolute Gasteiger partial charge is 0.410 e. The predicted molar refractivity (Wildman–Crippen MR) is 149 cm³/mol. The van der Waals surface area contributed by atoms with Crippen LogP contribution in [0.4, 0.5) is 4.79 Å². The number of hydrogen-bond donors (Lipinski definition) is 1. The number of amides is 1. The molecular formula is C31H34ClNO6. The fraction of sp³-hybridized carbons (Fsp3) is 0.355. The molecule has 4 rings (SSSR count). The summed E-state index contributed by atoms with van der Waals surface area (Å²) in [6, 6.07) is 19.5. The molecule has 1 aliphatic carbocycles. The molecule has 8 heteroatoms. The summed E-state index contributed by atoms with van der Waals surface area (Å²) in [5.41, 5.74) is 2.73. The van der Waals surface area contributed by atoms with Crippen LogP contribution in [0.25, 0.3) is 0 Å². The highest BCUT2D eigenvalue weighted by Gasteiger charge is 2.33. The van der Waals surface area contributed by atoms with Crippen molar-refractivity contribution in [1.82, 2.24) is 4.90 Å². The van der Waals surface area contributed by atoms with Crippen molar-refractivity contribution in [3.05, 3.63) is 94.0 Å². The standard InChI is InChI=1S/C31H34ClNO6/c1-31(2,3)39-30(36)33(19-28(34)21-5-11-24(32)12-6-21)25-13-7-20-8-16-27(18-23(20)17-25)38-26-14-9-22(10-15-26)29(35)37-4/h5-6,8-12,14-16,18,25,28,34H,7,13,17,19H2,1-4H3/t25-,28+/m0/s1. The van der Waals surface area contributed by atoms with Gasteiger partial charge in [0.1, 0.15) is 17.1 Å². The molecule has 0 aliphatic heterocycles. The van der Waals surface area contributed by atoms with Gasteiger partial charge in [-0.05, 0) is 105 Å². The van der Waals surface area contributed by atoms with E-state index < -0.39 is 23.8 Å². The Morgan fingerprint density at radius 2 is 1.67 bits per heavy atom. The summed E-state index contributed by atoms with van der Waals surface area (Å²) < 4.78 is 16.5. The molecule has 0 aromatic heterocycles. The zero-order valence-electron chi connectivity index (χ0n) is 22.6. The van der Waals surface area contributed by atoms with Crippen LogP contribution in [0.15, 0.2) is 66.7 Å². The summed E-state index contributed by atoms with van der Waals surface area (Å²) in [5, 5.41) is 11.6. The third-order valence-corrected chi connectivity index (χ3v) is 6.84. The third-order valence-electron chi connectivity index (χ3n) is 6.58. The van der Waals surface area contributed by atoms with E-state index in [-0.39, 0.29) is 12.6 Å². The Morgan fingerprint density at radius 1 is 1.00 bits per heavy atom. The highest BCUT2D eigenvalue weighted by atomic mass is 35.5. The van der Waals surface area contributed by atoms with Gasteiger partial charge >= 0.3 is 12.1 Å². The highest BCUT2D eigenvalue weighted by Crippen LogP contribution is 2.32. The van der Waals surface area contributed by atoms with Crippen molar-refractivity contribution >= 4 is 23.7 Å². The Bertz CT molecular complexity index is 1300. The molecule has 0 heterocycles. The number of halogens is 1. The maximum absolute atomic E-state index is 13.3. The summed E-state index contributed by atoms with van der Waals surface area (Å²) in [6.45, 7) is 5.59. The molecule has 1 aliphatic rings. The van der Waals surface area contributed by atoms with Crippen LogP contribution in [0, 0.1) is 0 Å². The minimum absolute atomic E-state index is 0.0965. The van der Waals surface area contributed by atoms with E-state index in [1.165, 1.54) is 12.7 Å². The van der Waals surface area contributed by atoms with Crippen molar-refractivity contribution < 1.29 is 28.9 Å². The van der Waals surface area contributed by atoms with E-state index in [1.807, 2.05) is 39.0 Å². The highest BCUT2D eigenvalue weighted by molar-refractivity contribution is 6.30. The van der Waals surface area contributed by atoms with Crippen LogP contribution in [0.1, 0.15) is 60.3 Å². The molecule has 1 N–H and O–H groups in total. The second kappa shape index (κ2) is 12.1. The number of methoxy groups -OCH3 is 1. The van der Waals surface area contributed by atoms with Gasteiger partial charge in [0.25, 0.3) is 0 Å². The van der Waals surface area contributed by atoms with Crippen molar-refractivity contribution in [3.8, 4) is 11.5 Å². The number of carbonyl (C=O) groups excluding carboxylic acids is 2. The van der Waals surface area contributed by atoms with E-state index in [9.17, 15) is 14.7 Å². The van der Waals surface area contributed by atoms with Crippen molar-refractivity contribution in [1.29, 1.82) is 0 Å². The topological polar surface area (TPSA) is 85.3 Å². The maximum Gasteiger partial charge on any atom is 0.410 e. The third kappa shape index (κ3) is 7.52. The van der Waals surface area contributed by atoms with Crippen LogP contribution < -0.4 is 4.74 Å². The summed E-state index contributed by atoms with van der Waals surface area (Å²) in [5.74, 6) is 0.846. The van der Waals surface area contributed by atoms with Gasteiger partial charge in [-0.3, -0.25) is 0 Å². The summed E-state index contributed by atoms with van der Waals surface area (Å²) >= 11 is 6.01. The van der Waals surface area contributed by atoms with Crippen LogP contribution in [-0.4, -0.2) is 47.4 Å². The molecule has 7 nitrogen and oxygen atoms in total.